The maximum Gasteiger partial charge on any atom is 0.253 e. The normalized spacial score (nSPS) is 15.8. The molecule has 0 bridgehead atoms. The molecule has 1 amide bonds. The number of anilines is 1. The summed E-state index contributed by atoms with van der Waals surface area (Å²) in [6.07, 6.45) is 1.95. The van der Waals surface area contributed by atoms with Gasteiger partial charge in [-0.2, -0.15) is 5.26 Å². The summed E-state index contributed by atoms with van der Waals surface area (Å²) in [7, 11) is 0. The second-order valence-corrected chi connectivity index (χ2v) is 4.60. The van der Waals surface area contributed by atoms with E-state index in [4.69, 9.17) is 10.00 Å². The van der Waals surface area contributed by atoms with E-state index in [0.29, 0.717) is 23.8 Å². The van der Waals surface area contributed by atoms with Crippen LogP contribution in [0, 0.1) is 17.2 Å². The summed E-state index contributed by atoms with van der Waals surface area (Å²) in [6, 6.07) is 8.87. The van der Waals surface area contributed by atoms with E-state index in [1.165, 1.54) is 12.8 Å². The number of hydrogen-bond donors (Lipinski definition) is 1. The second-order valence-electron chi connectivity index (χ2n) is 4.60. The quantitative estimate of drug-likeness (QED) is 0.864. The van der Waals surface area contributed by atoms with E-state index in [1.54, 1.807) is 31.2 Å². The molecule has 0 aromatic heterocycles. The third kappa shape index (κ3) is 3.57. The van der Waals surface area contributed by atoms with Gasteiger partial charge in [0.15, 0.2) is 0 Å². The average molecular weight is 244 g/mol. The van der Waals surface area contributed by atoms with Gasteiger partial charge in [0.05, 0.1) is 18.2 Å². The number of carbonyl (C=O) groups is 1. The SMILES string of the molecule is CC(OCC1CC1)C(=O)Nc1cccc(C#N)c1. The van der Waals surface area contributed by atoms with Crippen molar-refractivity contribution < 1.29 is 9.53 Å². The summed E-state index contributed by atoms with van der Waals surface area (Å²) in [6.45, 7) is 2.40. The Morgan fingerprint density at radius 2 is 2.39 bits per heavy atom. The van der Waals surface area contributed by atoms with E-state index in [0.717, 1.165) is 0 Å². The Bertz CT molecular complexity index is 475. The van der Waals surface area contributed by atoms with Gasteiger partial charge >= 0.3 is 0 Å². The van der Waals surface area contributed by atoms with Crippen LogP contribution >= 0.6 is 0 Å². The van der Waals surface area contributed by atoms with Crippen LogP contribution in [0.1, 0.15) is 25.3 Å². The molecule has 18 heavy (non-hydrogen) atoms. The fraction of sp³-hybridized carbons (Fsp3) is 0.429. The van der Waals surface area contributed by atoms with Gasteiger partial charge in [-0.3, -0.25) is 4.79 Å². The molecule has 4 nitrogen and oxygen atoms in total. The highest BCUT2D eigenvalue weighted by atomic mass is 16.5. The standard InChI is InChI=1S/C14H16N2O2/c1-10(18-9-11-5-6-11)14(17)16-13-4-2-3-12(7-13)8-15/h2-4,7,10-11H,5-6,9H2,1H3,(H,16,17). The van der Waals surface area contributed by atoms with Crippen LogP contribution in [0.5, 0.6) is 0 Å². The molecule has 0 spiro atoms. The van der Waals surface area contributed by atoms with Crippen LogP contribution in [-0.4, -0.2) is 18.6 Å². The predicted molar refractivity (Wildman–Crippen MR) is 67.9 cm³/mol. The molecule has 1 N–H and O–H groups in total. The third-order valence-electron chi connectivity index (χ3n) is 2.91. The number of hydrogen-bond acceptors (Lipinski definition) is 3. The highest BCUT2D eigenvalue weighted by molar-refractivity contribution is 5.94. The Hall–Kier alpha value is -1.86. The van der Waals surface area contributed by atoms with Crippen LogP contribution in [0.15, 0.2) is 24.3 Å². The van der Waals surface area contributed by atoms with Gasteiger partial charge in [0.2, 0.25) is 0 Å². The Balaban J connectivity index is 1.86. The van der Waals surface area contributed by atoms with Crippen molar-refractivity contribution in [3.63, 3.8) is 0 Å². The molecule has 0 saturated heterocycles. The summed E-state index contributed by atoms with van der Waals surface area (Å²) < 4.78 is 5.48. The molecule has 1 aliphatic rings. The van der Waals surface area contributed by atoms with Crippen LogP contribution in [0.25, 0.3) is 0 Å². The Labute approximate surface area is 107 Å². The van der Waals surface area contributed by atoms with Crippen LogP contribution in [0.2, 0.25) is 0 Å². The van der Waals surface area contributed by atoms with Crippen LogP contribution in [0.4, 0.5) is 5.69 Å². The Morgan fingerprint density at radius 1 is 1.61 bits per heavy atom. The summed E-state index contributed by atoms with van der Waals surface area (Å²) in [5.74, 6) is 0.466. The molecule has 1 atom stereocenters. The summed E-state index contributed by atoms with van der Waals surface area (Å²) in [5.41, 5.74) is 1.15. The zero-order valence-electron chi connectivity index (χ0n) is 10.3. The lowest BCUT2D eigenvalue weighted by molar-refractivity contribution is -0.126. The van der Waals surface area contributed by atoms with Crippen molar-refractivity contribution in [2.75, 3.05) is 11.9 Å². The van der Waals surface area contributed by atoms with E-state index in [9.17, 15) is 4.79 Å². The molecular formula is C14H16N2O2. The van der Waals surface area contributed by atoms with Crippen molar-refractivity contribution in [3.05, 3.63) is 29.8 Å². The van der Waals surface area contributed by atoms with Crippen molar-refractivity contribution in [2.45, 2.75) is 25.9 Å². The van der Waals surface area contributed by atoms with Gasteiger partial charge in [-0.1, -0.05) is 6.07 Å². The van der Waals surface area contributed by atoms with Gasteiger partial charge in [0.25, 0.3) is 5.91 Å². The van der Waals surface area contributed by atoms with Gasteiger partial charge < -0.3 is 10.1 Å². The molecule has 1 unspecified atom stereocenters. The lowest BCUT2D eigenvalue weighted by Crippen LogP contribution is -2.28. The van der Waals surface area contributed by atoms with Crippen molar-refractivity contribution in [2.24, 2.45) is 5.92 Å². The number of rotatable bonds is 5. The predicted octanol–water partition coefficient (Wildman–Crippen LogP) is 2.31. The molecule has 1 saturated carbocycles. The molecule has 1 aromatic rings. The fourth-order valence-electron chi connectivity index (χ4n) is 1.55. The minimum absolute atomic E-state index is 0.175. The van der Waals surface area contributed by atoms with E-state index in [2.05, 4.69) is 5.32 Å². The van der Waals surface area contributed by atoms with E-state index in [-0.39, 0.29) is 5.91 Å². The number of ether oxygens (including phenoxy) is 1. The first-order chi connectivity index (χ1) is 8.69. The van der Waals surface area contributed by atoms with Crippen molar-refractivity contribution in [1.29, 1.82) is 5.26 Å². The summed E-state index contributed by atoms with van der Waals surface area (Å²) in [4.78, 5) is 11.8. The van der Waals surface area contributed by atoms with Crippen molar-refractivity contribution in [3.8, 4) is 6.07 Å². The van der Waals surface area contributed by atoms with Gasteiger partial charge in [-0.25, -0.2) is 0 Å². The molecule has 2 rings (SSSR count). The third-order valence-corrected chi connectivity index (χ3v) is 2.91. The van der Waals surface area contributed by atoms with Crippen LogP contribution < -0.4 is 5.32 Å². The maximum absolute atomic E-state index is 11.8. The van der Waals surface area contributed by atoms with E-state index in [1.807, 2.05) is 6.07 Å². The monoisotopic (exact) mass is 244 g/mol. The van der Waals surface area contributed by atoms with Gasteiger partial charge in [-0.15, -0.1) is 0 Å². The van der Waals surface area contributed by atoms with Crippen LogP contribution in [0.3, 0.4) is 0 Å². The molecule has 94 valence electrons. The highest BCUT2D eigenvalue weighted by Crippen LogP contribution is 2.29. The van der Waals surface area contributed by atoms with Crippen molar-refractivity contribution >= 4 is 11.6 Å². The summed E-state index contributed by atoms with van der Waals surface area (Å²) >= 11 is 0. The smallest absolute Gasteiger partial charge is 0.253 e. The topological polar surface area (TPSA) is 62.1 Å². The maximum atomic E-state index is 11.8. The Morgan fingerprint density at radius 3 is 3.06 bits per heavy atom. The second kappa shape index (κ2) is 5.65. The number of carbonyl (C=O) groups excluding carboxylic acids is 1. The highest BCUT2D eigenvalue weighted by Gasteiger charge is 2.24. The molecule has 1 aliphatic carbocycles. The molecule has 1 aromatic carbocycles. The zero-order chi connectivity index (χ0) is 13.0. The number of nitrogens with zero attached hydrogens (tertiary/aromatic N) is 1. The summed E-state index contributed by atoms with van der Waals surface area (Å²) in [5, 5.41) is 11.5. The minimum Gasteiger partial charge on any atom is -0.368 e. The zero-order valence-corrected chi connectivity index (χ0v) is 10.3. The van der Waals surface area contributed by atoms with Crippen LogP contribution in [-0.2, 0) is 9.53 Å². The first-order valence-corrected chi connectivity index (χ1v) is 6.11. The Kier molecular flexibility index (Phi) is 3.96. The number of benzene rings is 1. The number of amides is 1. The average Bonchev–Trinajstić information content (AvgIpc) is 3.20. The molecule has 0 heterocycles. The van der Waals surface area contributed by atoms with E-state index >= 15 is 0 Å². The molecule has 1 fully saturated rings. The first kappa shape index (κ1) is 12.6. The molecule has 0 radical (unpaired) electrons. The minimum atomic E-state index is -0.462. The van der Waals surface area contributed by atoms with E-state index < -0.39 is 6.10 Å². The largest absolute Gasteiger partial charge is 0.368 e. The van der Waals surface area contributed by atoms with Crippen molar-refractivity contribution in [1.82, 2.24) is 0 Å². The lowest BCUT2D eigenvalue weighted by atomic mass is 10.2. The number of nitriles is 1. The molecular weight excluding hydrogens is 228 g/mol. The molecule has 4 heteroatoms. The fourth-order valence-corrected chi connectivity index (χ4v) is 1.55. The van der Waals surface area contributed by atoms with Gasteiger partial charge in [-0.05, 0) is 43.9 Å². The van der Waals surface area contributed by atoms with Gasteiger partial charge in [0, 0.05) is 5.69 Å². The first-order valence-electron chi connectivity index (χ1n) is 6.11. The van der Waals surface area contributed by atoms with Gasteiger partial charge in [0.1, 0.15) is 6.10 Å². The lowest BCUT2D eigenvalue weighted by Gasteiger charge is -2.13. The molecule has 0 aliphatic heterocycles. The number of nitrogens with one attached hydrogen (secondary N) is 1.